The van der Waals surface area contributed by atoms with Gasteiger partial charge in [-0.15, -0.1) is 0 Å². The largest absolute Gasteiger partial charge is 0.357 e. The van der Waals surface area contributed by atoms with Gasteiger partial charge in [0.05, 0.1) is 6.54 Å². The molecule has 1 N–H and O–H groups in total. The summed E-state index contributed by atoms with van der Waals surface area (Å²) in [5.41, 5.74) is 0. The van der Waals surface area contributed by atoms with Gasteiger partial charge in [0.15, 0.2) is 5.96 Å². The van der Waals surface area contributed by atoms with Crippen molar-refractivity contribution in [2.24, 2.45) is 4.99 Å². The van der Waals surface area contributed by atoms with Crippen molar-refractivity contribution in [3.63, 3.8) is 0 Å². The fraction of sp³-hybridized carbons (Fsp3) is 0.833. The van der Waals surface area contributed by atoms with E-state index in [4.69, 9.17) is 4.99 Å². The van der Waals surface area contributed by atoms with Crippen LogP contribution >= 0.6 is 11.5 Å². The lowest BCUT2D eigenvalue weighted by atomic mass is 10.1. The first-order chi connectivity index (χ1) is 13.3. The normalized spacial score (nSPS) is 28.7. The number of nitrogens with zero attached hydrogens (tertiary/aromatic N) is 7. The van der Waals surface area contributed by atoms with Gasteiger partial charge in [-0.05, 0) is 6.92 Å². The number of anilines is 1. The predicted octanol–water partition coefficient (Wildman–Crippen LogP) is 0.188. The van der Waals surface area contributed by atoms with Crippen LogP contribution in [0.15, 0.2) is 4.99 Å². The maximum absolute atomic E-state index is 5.01. The Bertz CT molecular complexity index is 631. The molecule has 4 aliphatic heterocycles. The number of rotatable bonds is 5. The molecule has 150 valence electrons. The van der Waals surface area contributed by atoms with Crippen LogP contribution in [0.2, 0.25) is 0 Å². The number of nitrogens with one attached hydrogen (secondary N) is 1. The monoisotopic (exact) mass is 392 g/mol. The van der Waals surface area contributed by atoms with Crippen LogP contribution in [0.3, 0.4) is 0 Å². The molecule has 0 aliphatic carbocycles. The molecule has 5 heterocycles. The van der Waals surface area contributed by atoms with E-state index in [2.05, 4.69) is 48.1 Å². The lowest BCUT2D eigenvalue weighted by molar-refractivity contribution is 0.0173. The first-order valence-corrected chi connectivity index (χ1v) is 11.1. The van der Waals surface area contributed by atoms with E-state index >= 15 is 0 Å². The molecule has 27 heavy (non-hydrogen) atoms. The molecule has 0 saturated carbocycles. The SMILES string of the molecule is CCNC(=NCC1CN2CCN1CC2)N1CCN(c2nc(CC)ns2)CC1. The summed E-state index contributed by atoms with van der Waals surface area (Å²) in [6, 6.07) is 0.580. The van der Waals surface area contributed by atoms with E-state index in [0.29, 0.717) is 6.04 Å². The minimum atomic E-state index is 0.580. The third-order valence-corrected chi connectivity index (χ3v) is 6.62. The van der Waals surface area contributed by atoms with E-state index in [-0.39, 0.29) is 0 Å². The molecule has 4 saturated heterocycles. The van der Waals surface area contributed by atoms with Gasteiger partial charge < -0.3 is 15.1 Å². The average Bonchev–Trinajstić information content (AvgIpc) is 3.21. The summed E-state index contributed by atoms with van der Waals surface area (Å²) in [4.78, 5) is 19.6. The van der Waals surface area contributed by atoms with Crippen LogP contribution in [0.25, 0.3) is 0 Å². The molecule has 9 heteroatoms. The Hall–Kier alpha value is -1.45. The first-order valence-electron chi connectivity index (χ1n) is 10.3. The van der Waals surface area contributed by atoms with E-state index in [1.54, 1.807) is 0 Å². The van der Waals surface area contributed by atoms with Crippen LogP contribution in [-0.4, -0.2) is 108 Å². The quantitative estimate of drug-likeness (QED) is 0.567. The zero-order valence-electron chi connectivity index (χ0n) is 16.6. The molecule has 0 amide bonds. The van der Waals surface area contributed by atoms with Crippen molar-refractivity contribution in [3.05, 3.63) is 5.82 Å². The Labute approximate surface area is 166 Å². The topological polar surface area (TPSA) is 63.1 Å². The Morgan fingerprint density at radius 3 is 2.48 bits per heavy atom. The van der Waals surface area contributed by atoms with Crippen molar-refractivity contribution in [1.82, 2.24) is 29.4 Å². The Morgan fingerprint density at radius 2 is 1.89 bits per heavy atom. The molecule has 1 atom stereocenters. The van der Waals surface area contributed by atoms with Gasteiger partial charge in [-0.2, -0.15) is 4.37 Å². The second kappa shape index (κ2) is 8.70. The molecular formula is C18H32N8S. The summed E-state index contributed by atoms with van der Waals surface area (Å²) in [5, 5.41) is 4.57. The molecule has 5 rings (SSSR count). The van der Waals surface area contributed by atoms with Gasteiger partial charge in [0.2, 0.25) is 5.13 Å². The molecule has 0 radical (unpaired) electrons. The molecule has 2 bridgehead atoms. The van der Waals surface area contributed by atoms with Crippen LogP contribution in [-0.2, 0) is 6.42 Å². The second-order valence-corrected chi connectivity index (χ2v) is 8.24. The van der Waals surface area contributed by atoms with Gasteiger partial charge in [-0.1, -0.05) is 6.92 Å². The molecule has 0 aromatic carbocycles. The zero-order valence-corrected chi connectivity index (χ0v) is 17.4. The molecule has 8 nitrogen and oxygen atoms in total. The van der Waals surface area contributed by atoms with Gasteiger partial charge in [0.1, 0.15) is 5.82 Å². The van der Waals surface area contributed by atoms with Crippen molar-refractivity contribution >= 4 is 22.6 Å². The minimum Gasteiger partial charge on any atom is -0.357 e. The lowest BCUT2D eigenvalue weighted by Gasteiger charge is -2.47. The maximum atomic E-state index is 5.01. The van der Waals surface area contributed by atoms with Gasteiger partial charge in [-0.3, -0.25) is 14.8 Å². The fourth-order valence-corrected chi connectivity index (χ4v) is 4.94. The van der Waals surface area contributed by atoms with Crippen molar-refractivity contribution in [3.8, 4) is 0 Å². The highest BCUT2D eigenvalue weighted by Crippen LogP contribution is 2.20. The fourth-order valence-electron chi connectivity index (χ4n) is 4.14. The van der Waals surface area contributed by atoms with Crippen LogP contribution in [0.1, 0.15) is 19.7 Å². The van der Waals surface area contributed by atoms with Crippen LogP contribution < -0.4 is 10.2 Å². The molecule has 1 aromatic rings. The minimum absolute atomic E-state index is 0.580. The van der Waals surface area contributed by atoms with Gasteiger partial charge >= 0.3 is 0 Å². The zero-order chi connectivity index (χ0) is 18.6. The molecule has 0 spiro atoms. The van der Waals surface area contributed by atoms with Gasteiger partial charge in [-0.25, -0.2) is 4.98 Å². The van der Waals surface area contributed by atoms with Crippen molar-refractivity contribution in [2.45, 2.75) is 26.3 Å². The van der Waals surface area contributed by atoms with Crippen LogP contribution in [0.4, 0.5) is 5.13 Å². The Balaban J connectivity index is 1.34. The highest BCUT2D eigenvalue weighted by Gasteiger charge is 2.31. The average molecular weight is 393 g/mol. The molecular weight excluding hydrogens is 360 g/mol. The summed E-state index contributed by atoms with van der Waals surface area (Å²) >= 11 is 1.53. The molecule has 1 unspecified atom stereocenters. The Morgan fingerprint density at radius 1 is 1.11 bits per heavy atom. The summed E-state index contributed by atoms with van der Waals surface area (Å²) in [6.45, 7) is 16.0. The highest BCUT2D eigenvalue weighted by atomic mass is 32.1. The third-order valence-electron chi connectivity index (χ3n) is 5.80. The molecule has 1 aromatic heterocycles. The highest BCUT2D eigenvalue weighted by molar-refractivity contribution is 7.09. The van der Waals surface area contributed by atoms with Crippen molar-refractivity contribution in [1.29, 1.82) is 0 Å². The summed E-state index contributed by atoms with van der Waals surface area (Å²) in [6.07, 6.45) is 0.906. The first kappa shape index (κ1) is 18.9. The smallest absolute Gasteiger partial charge is 0.205 e. The second-order valence-electron chi connectivity index (χ2n) is 7.51. The van der Waals surface area contributed by atoms with E-state index in [0.717, 1.165) is 62.6 Å². The number of hydrogen-bond acceptors (Lipinski definition) is 7. The van der Waals surface area contributed by atoms with E-state index < -0.39 is 0 Å². The predicted molar refractivity (Wildman–Crippen MR) is 111 cm³/mol. The van der Waals surface area contributed by atoms with E-state index in [1.807, 2.05) is 0 Å². The summed E-state index contributed by atoms with van der Waals surface area (Å²) < 4.78 is 4.42. The third kappa shape index (κ3) is 4.35. The van der Waals surface area contributed by atoms with Crippen LogP contribution in [0.5, 0.6) is 0 Å². The van der Waals surface area contributed by atoms with E-state index in [9.17, 15) is 0 Å². The number of aryl methyl sites for hydroxylation is 1. The number of fused-ring (bicyclic) bond motifs is 3. The van der Waals surface area contributed by atoms with Crippen molar-refractivity contribution in [2.75, 3.05) is 76.9 Å². The van der Waals surface area contributed by atoms with Crippen molar-refractivity contribution < 1.29 is 0 Å². The number of aliphatic imine (C=N–C) groups is 1. The molecule has 4 fully saturated rings. The number of piperazine rings is 4. The standard InChI is InChI=1S/C18H32N8S/c1-3-16-21-18(27-22-16)26-11-9-25(10-12-26)17(19-4-2)20-13-15-14-23-5-7-24(15)8-6-23/h15H,3-14H2,1-2H3,(H,19,20). The van der Waals surface area contributed by atoms with Gasteiger partial charge in [0.25, 0.3) is 0 Å². The number of aromatic nitrogens is 2. The number of hydrogen-bond donors (Lipinski definition) is 1. The van der Waals surface area contributed by atoms with E-state index in [1.165, 1.54) is 44.3 Å². The molecule has 4 aliphatic rings. The number of guanidine groups is 1. The summed E-state index contributed by atoms with van der Waals surface area (Å²) in [7, 11) is 0. The van der Waals surface area contributed by atoms with Gasteiger partial charge in [0, 0.05) is 89.4 Å². The summed E-state index contributed by atoms with van der Waals surface area (Å²) in [5.74, 6) is 2.03. The maximum Gasteiger partial charge on any atom is 0.205 e. The Kier molecular flexibility index (Phi) is 6.09. The lowest BCUT2D eigenvalue weighted by Crippen LogP contribution is -2.62. The van der Waals surface area contributed by atoms with Crippen LogP contribution in [0, 0.1) is 0 Å².